The van der Waals surface area contributed by atoms with Gasteiger partial charge in [-0.1, -0.05) is 105 Å². The lowest BCUT2D eigenvalue weighted by Gasteiger charge is -2.22. The van der Waals surface area contributed by atoms with Crippen molar-refractivity contribution in [1.29, 1.82) is 0 Å². The van der Waals surface area contributed by atoms with Crippen LogP contribution in [0.1, 0.15) is 31.9 Å². The van der Waals surface area contributed by atoms with E-state index >= 15 is 0 Å². The molecule has 1 aliphatic carbocycles. The molecule has 0 amide bonds. The van der Waals surface area contributed by atoms with Gasteiger partial charge in [-0.15, -0.1) is 0 Å². The molecule has 202 valence electrons. The second-order valence-corrected chi connectivity index (χ2v) is 11.8. The van der Waals surface area contributed by atoms with Crippen molar-refractivity contribution in [3.05, 3.63) is 144 Å². The van der Waals surface area contributed by atoms with E-state index in [0.29, 0.717) is 0 Å². The third kappa shape index (κ3) is 3.21. The summed E-state index contributed by atoms with van der Waals surface area (Å²) in [5.41, 5.74) is 11.4. The van der Waals surface area contributed by atoms with Gasteiger partial charge in [0.05, 0.1) is 21.9 Å². The van der Waals surface area contributed by atoms with Gasteiger partial charge < -0.3 is 9.13 Å². The molecular weight excluding hydrogens is 508 g/mol. The predicted molar refractivity (Wildman–Crippen MR) is 179 cm³/mol. The van der Waals surface area contributed by atoms with E-state index in [1.807, 2.05) is 6.08 Å². The fraction of sp³-hybridized carbons (Fsp3) is 0.100. The first-order valence-electron chi connectivity index (χ1n) is 14.7. The Morgan fingerprint density at radius 1 is 0.643 bits per heavy atom. The summed E-state index contributed by atoms with van der Waals surface area (Å²) < 4.78 is 4.87. The molecular formula is C40H32N2. The van der Waals surface area contributed by atoms with Gasteiger partial charge in [0.2, 0.25) is 0 Å². The van der Waals surface area contributed by atoms with E-state index in [1.165, 1.54) is 65.9 Å². The molecule has 0 saturated heterocycles. The maximum atomic E-state index is 4.06. The van der Waals surface area contributed by atoms with Crippen LogP contribution in [0.3, 0.4) is 0 Å². The van der Waals surface area contributed by atoms with Crippen LogP contribution in [-0.2, 0) is 5.41 Å². The number of nitrogens with zero attached hydrogens (tertiary/aromatic N) is 2. The Bertz CT molecular complexity index is 2340. The molecule has 0 aliphatic heterocycles. The number of hydrogen-bond acceptors (Lipinski definition) is 0. The van der Waals surface area contributed by atoms with E-state index in [1.54, 1.807) is 0 Å². The number of rotatable bonds is 3. The van der Waals surface area contributed by atoms with Crippen molar-refractivity contribution in [2.45, 2.75) is 26.2 Å². The molecule has 8 rings (SSSR count). The highest BCUT2D eigenvalue weighted by molar-refractivity contribution is 6.21. The molecule has 0 N–H and O–H groups in total. The lowest BCUT2D eigenvalue weighted by molar-refractivity contribution is 0.660. The summed E-state index contributed by atoms with van der Waals surface area (Å²) in [6.07, 6.45) is 6.25. The molecule has 2 heteroatoms. The largest absolute Gasteiger partial charge is 0.309 e. The van der Waals surface area contributed by atoms with Crippen LogP contribution in [0.5, 0.6) is 0 Å². The molecule has 1 aliphatic rings. The lowest BCUT2D eigenvalue weighted by atomic mass is 9.82. The SMILES string of the molecule is C=C/C=c1\c(=C/C)c2ccc3c(c4ccccc4n3-c3ccc4c(c3)C(C)(C)c3ccccc3-4)c2n1-c1ccccc1. The minimum atomic E-state index is -0.0583. The van der Waals surface area contributed by atoms with E-state index in [4.69, 9.17) is 0 Å². The van der Waals surface area contributed by atoms with E-state index in [9.17, 15) is 0 Å². The zero-order chi connectivity index (χ0) is 28.6. The number of hydrogen-bond donors (Lipinski definition) is 0. The lowest BCUT2D eigenvalue weighted by Crippen LogP contribution is -2.27. The van der Waals surface area contributed by atoms with E-state index in [0.717, 1.165) is 11.0 Å². The Balaban J connectivity index is 1.52. The molecule has 2 aromatic heterocycles. The molecule has 0 atom stereocenters. The van der Waals surface area contributed by atoms with Crippen LogP contribution in [0.2, 0.25) is 0 Å². The van der Waals surface area contributed by atoms with Gasteiger partial charge in [0.15, 0.2) is 0 Å². The fourth-order valence-electron chi connectivity index (χ4n) is 7.40. The molecule has 0 fully saturated rings. The minimum Gasteiger partial charge on any atom is -0.309 e. The quantitative estimate of drug-likeness (QED) is 0.212. The van der Waals surface area contributed by atoms with Gasteiger partial charge in [-0.3, -0.25) is 0 Å². The summed E-state index contributed by atoms with van der Waals surface area (Å²) in [7, 11) is 0. The van der Waals surface area contributed by atoms with Gasteiger partial charge in [-0.25, -0.2) is 0 Å². The summed E-state index contributed by atoms with van der Waals surface area (Å²) in [5, 5.41) is 6.14. The Hall–Kier alpha value is -5.08. The Morgan fingerprint density at radius 3 is 2.19 bits per heavy atom. The number of para-hydroxylation sites is 2. The maximum absolute atomic E-state index is 4.06. The summed E-state index contributed by atoms with van der Waals surface area (Å²) in [5.74, 6) is 0. The Morgan fingerprint density at radius 2 is 1.38 bits per heavy atom. The summed E-state index contributed by atoms with van der Waals surface area (Å²) in [6, 6.07) is 40.0. The highest BCUT2D eigenvalue weighted by atomic mass is 15.0. The zero-order valence-corrected chi connectivity index (χ0v) is 24.2. The van der Waals surface area contributed by atoms with Gasteiger partial charge >= 0.3 is 0 Å². The average molecular weight is 541 g/mol. The highest BCUT2D eigenvalue weighted by Crippen LogP contribution is 2.49. The van der Waals surface area contributed by atoms with Crippen LogP contribution in [0, 0.1) is 0 Å². The number of fused-ring (bicyclic) bond motifs is 8. The van der Waals surface area contributed by atoms with E-state index in [-0.39, 0.29) is 5.41 Å². The van der Waals surface area contributed by atoms with Crippen molar-refractivity contribution in [2.24, 2.45) is 0 Å². The fourth-order valence-corrected chi connectivity index (χ4v) is 7.40. The highest BCUT2D eigenvalue weighted by Gasteiger charge is 2.35. The molecule has 0 spiro atoms. The normalized spacial score (nSPS) is 14.6. The molecule has 0 unspecified atom stereocenters. The standard InChI is InChI=1S/C40H32N2/c1-5-14-35-28(6-2)31-23-24-37-38(39(31)42(35)26-15-8-7-9-16-26)32-18-11-13-20-36(32)41(37)27-21-22-30-29-17-10-12-19-33(29)40(3,4)34(30)25-27/h5-25H,1H2,2-4H3/b28-6-,35-14+. The van der Waals surface area contributed by atoms with Crippen LogP contribution in [0.25, 0.3) is 67.4 Å². The van der Waals surface area contributed by atoms with E-state index in [2.05, 4.69) is 158 Å². The van der Waals surface area contributed by atoms with Gasteiger partial charge in [0.25, 0.3) is 0 Å². The molecule has 5 aromatic carbocycles. The maximum Gasteiger partial charge on any atom is 0.0641 e. The Kier molecular flexibility index (Phi) is 5.27. The monoisotopic (exact) mass is 540 g/mol. The molecule has 42 heavy (non-hydrogen) atoms. The number of allylic oxidation sites excluding steroid dienone is 1. The van der Waals surface area contributed by atoms with Crippen LogP contribution in [0.4, 0.5) is 0 Å². The second-order valence-electron chi connectivity index (χ2n) is 11.8. The van der Waals surface area contributed by atoms with Crippen LogP contribution in [-0.4, -0.2) is 9.13 Å². The third-order valence-electron chi connectivity index (χ3n) is 9.25. The molecule has 7 aromatic rings. The van der Waals surface area contributed by atoms with Gasteiger partial charge in [0, 0.05) is 38.2 Å². The summed E-state index contributed by atoms with van der Waals surface area (Å²) >= 11 is 0. The van der Waals surface area contributed by atoms with Crippen molar-refractivity contribution >= 4 is 44.9 Å². The van der Waals surface area contributed by atoms with Gasteiger partial charge in [0.1, 0.15) is 0 Å². The smallest absolute Gasteiger partial charge is 0.0641 e. The molecule has 0 radical (unpaired) electrons. The van der Waals surface area contributed by atoms with Crippen molar-refractivity contribution in [3.63, 3.8) is 0 Å². The average Bonchev–Trinajstić information content (AvgIpc) is 3.61. The summed E-state index contributed by atoms with van der Waals surface area (Å²) in [6.45, 7) is 10.9. The first-order chi connectivity index (χ1) is 20.5. The minimum absolute atomic E-state index is 0.0583. The van der Waals surface area contributed by atoms with Crippen LogP contribution >= 0.6 is 0 Å². The van der Waals surface area contributed by atoms with Crippen LogP contribution < -0.4 is 10.6 Å². The molecule has 0 bridgehead atoms. The zero-order valence-electron chi connectivity index (χ0n) is 24.2. The molecule has 2 nitrogen and oxygen atoms in total. The topological polar surface area (TPSA) is 9.86 Å². The van der Waals surface area contributed by atoms with Crippen molar-refractivity contribution in [1.82, 2.24) is 9.13 Å². The van der Waals surface area contributed by atoms with Crippen molar-refractivity contribution in [3.8, 4) is 22.5 Å². The Labute approximate surface area is 245 Å². The van der Waals surface area contributed by atoms with Gasteiger partial charge in [-0.2, -0.15) is 0 Å². The second kappa shape index (κ2) is 8.96. The third-order valence-corrected chi connectivity index (χ3v) is 9.25. The molecule has 0 saturated carbocycles. The first kappa shape index (κ1) is 24.7. The van der Waals surface area contributed by atoms with Gasteiger partial charge in [-0.05, 0) is 71.7 Å². The predicted octanol–water partition coefficient (Wildman–Crippen LogP) is 8.80. The number of benzene rings is 5. The summed E-state index contributed by atoms with van der Waals surface area (Å²) in [4.78, 5) is 0. The molecule has 2 heterocycles. The first-order valence-corrected chi connectivity index (χ1v) is 14.7. The van der Waals surface area contributed by atoms with E-state index < -0.39 is 0 Å². The number of aromatic nitrogens is 2. The van der Waals surface area contributed by atoms with Crippen molar-refractivity contribution < 1.29 is 0 Å². The van der Waals surface area contributed by atoms with Crippen molar-refractivity contribution in [2.75, 3.05) is 0 Å². The van der Waals surface area contributed by atoms with Crippen LogP contribution in [0.15, 0.2) is 122 Å².